The first-order chi connectivity index (χ1) is 19.5. The number of ether oxygens (including phenoxy) is 1. The van der Waals surface area contributed by atoms with E-state index in [9.17, 15) is 14.7 Å². The minimum Gasteiger partial charge on any atom is -0.492 e. The molecule has 2 unspecified atom stereocenters. The third-order valence-electron chi connectivity index (χ3n) is 8.71. The summed E-state index contributed by atoms with van der Waals surface area (Å²) in [5, 5.41) is 20.8. The first-order valence-corrected chi connectivity index (χ1v) is 13.8. The molecule has 4 aliphatic heterocycles. The van der Waals surface area contributed by atoms with E-state index >= 15 is 0 Å². The molecule has 0 saturated carbocycles. The highest BCUT2D eigenvalue weighted by Gasteiger charge is 2.68. The van der Waals surface area contributed by atoms with Gasteiger partial charge in [-0.15, -0.1) is 0 Å². The van der Waals surface area contributed by atoms with E-state index in [1.54, 1.807) is 23.2 Å². The van der Waals surface area contributed by atoms with Crippen molar-refractivity contribution in [2.75, 3.05) is 19.7 Å². The molecule has 2 amide bonds. The van der Waals surface area contributed by atoms with Gasteiger partial charge in [-0.2, -0.15) is 0 Å². The minimum atomic E-state index is -1.20. The third-order valence-corrected chi connectivity index (χ3v) is 8.71. The van der Waals surface area contributed by atoms with Crippen LogP contribution in [0.4, 0.5) is 0 Å². The van der Waals surface area contributed by atoms with Gasteiger partial charge in [-0.3, -0.25) is 25.3 Å². The first kappa shape index (κ1) is 26.8. The maximum atomic E-state index is 13.6. The number of rotatable bonds is 5. The molecule has 1 fully saturated rings. The number of hydrogen-bond acceptors (Lipinski definition) is 10. The number of aliphatic imine (C=N–C) groups is 1. The number of carbonyl (C=O) groups is 2. The second kappa shape index (κ2) is 9.61. The van der Waals surface area contributed by atoms with Crippen LogP contribution in [0.5, 0.6) is 5.75 Å². The number of hydrogen-bond donors (Lipinski definition) is 7. The Morgan fingerprint density at radius 2 is 2.05 bits per heavy atom. The zero-order chi connectivity index (χ0) is 29.1. The van der Waals surface area contributed by atoms with Gasteiger partial charge in [0.05, 0.1) is 18.2 Å². The van der Waals surface area contributed by atoms with E-state index < -0.39 is 29.9 Å². The molecule has 6 rings (SSSR count). The van der Waals surface area contributed by atoms with Crippen molar-refractivity contribution in [2.24, 2.45) is 16.5 Å². The lowest BCUT2D eigenvalue weighted by molar-refractivity contribution is -0.513. The number of nitrogens with two attached hydrogens (primary N) is 2. The largest absolute Gasteiger partial charge is 0.492 e. The molecule has 13 heteroatoms. The molecule has 0 bridgehead atoms. The van der Waals surface area contributed by atoms with Crippen LogP contribution in [0.2, 0.25) is 0 Å². The van der Waals surface area contributed by atoms with Gasteiger partial charge in [0.2, 0.25) is 5.66 Å². The molecule has 2 aromatic rings. The van der Waals surface area contributed by atoms with Crippen LogP contribution >= 0.6 is 0 Å². The number of benzene rings is 1. The van der Waals surface area contributed by atoms with Crippen LogP contribution in [0.25, 0.3) is 0 Å². The van der Waals surface area contributed by atoms with Crippen LogP contribution in [0.3, 0.4) is 0 Å². The Bertz CT molecular complexity index is 1470. The number of fused-ring (bicyclic) bond motifs is 1. The monoisotopic (exact) mass is 562 g/mol. The molecule has 9 N–H and O–H groups in total. The molecular formula is C28H36N9O4+. The minimum absolute atomic E-state index is 0.116. The number of aryl methyl sites for hydroxylation is 1. The van der Waals surface area contributed by atoms with E-state index in [1.165, 1.54) is 0 Å². The van der Waals surface area contributed by atoms with Crippen LogP contribution < -0.4 is 37.1 Å². The van der Waals surface area contributed by atoms with Crippen molar-refractivity contribution in [1.82, 2.24) is 25.8 Å². The summed E-state index contributed by atoms with van der Waals surface area (Å²) >= 11 is 0. The summed E-state index contributed by atoms with van der Waals surface area (Å²) < 4.78 is 5.94. The summed E-state index contributed by atoms with van der Waals surface area (Å²) in [6.07, 6.45) is 1.28. The first-order valence-electron chi connectivity index (χ1n) is 13.8. The van der Waals surface area contributed by atoms with Crippen molar-refractivity contribution < 1.29 is 24.4 Å². The lowest BCUT2D eigenvalue weighted by atomic mass is 9.79. The van der Waals surface area contributed by atoms with E-state index in [0.29, 0.717) is 23.6 Å². The second-order valence-corrected chi connectivity index (χ2v) is 11.7. The van der Waals surface area contributed by atoms with Gasteiger partial charge >= 0.3 is 5.96 Å². The van der Waals surface area contributed by atoms with Crippen molar-refractivity contribution in [3.63, 3.8) is 0 Å². The predicted molar refractivity (Wildman–Crippen MR) is 150 cm³/mol. The number of aromatic nitrogens is 1. The van der Waals surface area contributed by atoms with E-state index in [1.807, 2.05) is 25.1 Å². The summed E-state index contributed by atoms with van der Waals surface area (Å²) in [4.78, 5) is 40.1. The number of aliphatic hydroxyl groups is 1. The Labute approximate surface area is 237 Å². The SMILES string of the molecule is Cc1cccnc1C(=O)NC[C@@H]1N=C(N)N2CC(NC(=O)c3cccc4c3OCCC4(C)C)[C@@H](O)C23NC(N)=[NH+][C@@H]13. The van der Waals surface area contributed by atoms with Crippen LogP contribution in [0.15, 0.2) is 41.5 Å². The fraction of sp³-hybridized carbons (Fsp3) is 0.464. The molecule has 0 aliphatic carbocycles. The highest BCUT2D eigenvalue weighted by molar-refractivity contribution is 5.98. The standard InChI is InChI=1S/C28H35N9O4/c1-14-6-5-10-31-19(14)24(40)32-12-17-21-28(36-25(29)35-21)22(38)18(13-37(28)26(30)34-17)33-23(39)15-7-4-8-16-20(15)41-11-9-27(16,2)3/h4-8,10,17-18,21-22,38H,9,11-13H2,1-3H3,(H2,30,34)(H,32,40)(H,33,39)(H3,29,35,36)/p+1/t17-,18?,21-,22+,28?/m0/s1. The Kier molecular flexibility index (Phi) is 6.29. The van der Waals surface area contributed by atoms with E-state index in [0.717, 1.165) is 17.5 Å². The van der Waals surface area contributed by atoms with Gasteiger partial charge in [0.25, 0.3) is 11.8 Å². The number of aliphatic hydroxyl groups excluding tert-OH is 1. The number of nitrogens with zero attached hydrogens (tertiary/aromatic N) is 3. The summed E-state index contributed by atoms with van der Waals surface area (Å²) in [5.74, 6) is 0.271. The van der Waals surface area contributed by atoms with Gasteiger partial charge in [-0.25, -0.2) is 10.3 Å². The Morgan fingerprint density at radius 1 is 1.24 bits per heavy atom. The smallest absolute Gasteiger partial charge is 0.343 e. The van der Waals surface area contributed by atoms with Crippen LogP contribution in [0, 0.1) is 6.92 Å². The average Bonchev–Trinajstić information content (AvgIpc) is 3.43. The van der Waals surface area contributed by atoms with Crippen molar-refractivity contribution in [1.29, 1.82) is 0 Å². The number of amides is 2. The fourth-order valence-electron chi connectivity index (χ4n) is 6.49. The van der Waals surface area contributed by atoms with Gasteiger partial charge in [0.15, 0.2) is 12.0 Å². The molecule has 0 radical (unpaired) electrons. The number of para-hydroxylation sites is 1. The molecular weight excluding hydrogens is 526 g/mol. The van der Waals surface area contributed by atoms with Crippen LogP contribution in [-0.2, 0) is 5.41 Å². The van der Waals surface area contributed by atoms with Gasteiger partial charge in [0.1, 0.15) is 23.6 Å². The molecule has 5 atom stereocenters. The molecule has 216 valence electrons. The zero-order valence-electron chi connectivity index (χ0n) is 23.3. The number of pyridine rings is 1. The normalized spacial score (nSPS) is 29.1. The topological polar surface area (TPSA) is 194 Å². The lowest BCUT2D eigenvalue weighted by Crippen LogP contribution is -2.88. The Balaban J connectivity index is 1.23. The second-order valence-electron chi connectivity index (χ2n) is 11.7. The molecule has 1 spiro atoms. The average molecular weight is 563 g/mol. The van der Waals surface area contributed by atoms with Gasteiger partial charge in [-0.1, -0.05) is 32.0 Å². The Hall–Kier alpha value is -4.39. The van der Waals surface area contributed by atoms with E-state index in [2.05, 4.69) is 44.8 Å². The number of guanidine groups is 2. The summed E-state index contributed by atoms with van der Waals surface area (Å²) in [5.41, 5.74) is 13.7. The predicted octanol–water partition coefficient (Wildman–Crippen LogP) is -2.58. The number of carbonyl (C=O) groups excluding carboxylic acids is 2. The molecule has 1 aromatic heterocycles. The van der Waals surface area contributed by atoms with E-state index in [4.69, 9.17) is 16.2 Å². The fourth-order valence-corrected chi connectivity index (χ4v) is 6.49. The molecule has 1 saturated heterocycles. The maximum Gasteiger partial charge on any atom is 0.343 e. The van der Waals surface area contributed by atoms with Crippen molar-refractivity contribution >= 4 is 23.7 Å². The molecule has 4 aliphatic rings. The molecule has 41 heavy (non-hydrogen) atoms. The van der Waals surface area contributed by atoms with Crippen LogP contribution in [-0.4, -0.2) is 88.3 Å². The summed E-state index contributed by atoms with van der Waals surface area (Å²) in [6.45, 7) is 6.90. The highest BCUT2D eigenvalue weighted by atomic mass is 16.5. The van der Waals surface area contributed by atoms with Crippen molar-refractivity contribution in [3.8, 4) is 5.75 Å². The number of nitrogens with one attached hydrogen (secondary N) is 4. The van der Waals surface area contributed by atoms with Crippen molar-refractivity contribution in [3.05, 3.63) is 58.9 Å². The lowest BCUT2D eigenvalue weighted by Gasteiger charge is -2.43. The van der Waals surface area contributed by atoms with Crippen molar-refractivity contribution in [2.45, 2.75) is 62.5 Å². The van der Waals surface area contributed by atoms with Gasteiger partial charge in [-0.05, 0) is 36.5 Å². The molecule has 5 heterocycles. The summed E-state index contributed by atoms with van der Waals surface area (Å²) in [6, 6.07) is 7.28. The quantitative estimate of drug-likeness (QED) is 0.205. The van der Waals surface area contributed by atoms with Crippen LogP contribution in [0.1, 0.15) is 52.2 Å². The van der Waals surface area contributed by atoms with Gasteiger partial charge < -0.3 is 31.1 Å². The maximum absolute atomic E-state index is 13.6. The Morgan fingerprint density at radius 3 is 2.83 bits per heavy atom. The van der Waals surface area contributed by atoms with E-state index in [-0.39, 0.29) is 42.2 Å². The molecule has 13 nitrogen and oxygen atoms in total. The highest BCUT2D eigenvalue weighted by Crippen LogP contribution is 2.41. The molecule has 1 aromatic carbocycles. The zero-order valence-corrected chi connectivity index (χ0v) is 23.3. The third kappa shape index (κ3) is 4.22. The summed E-state index contributed by atoms with van der Waals surface area (Å²) in [7, 11) is 0. The van der Waals surface area contributed by atoms with Gasteiger partial charge in [0, 0.05) is 24.8 Å².